The lowest BCUT2D eigenvalue weighted by Gasteiger charge is -2.58. The smallest absolute Gasteiger partial charge is 0.412 e. The number of rotatable bonds is 20. The molecule has 1 spiro atoms. The number of hydrogen-bond acceptors (Lipinski definition) is 11. The summed E-state index contributed by atoms with van der Waals surface area (Å²) in [4.78, 5) is 53.8. The van der Waals surface area contributed by atoms with E-state index in [2.05, 4.69) is 15.1 Å². The molecule has 3 aromatic rings. The zero-order valence-corrected chi connectivity index (χ0v) is 40.0. The molecule has 14 nitrogen and oxygen atoms in total. The van der Waals surface area contributed by atoms with Crippen LogP contribution in [0.1, 0.15) is 77.3 Å². The highest BCUT2D eigenvalue weighted by Gasteiger charge is 2.66. The van der Waals surface area contributed by atoms with Gasteiger partial charge in [0.1, 0.15) is 29.5 Å². The number of piperazine rings is 1. The van der Waals surface area contributed by atoms with Gasteiger partial charge in [0.2, 0.25) is 5.91 Å². The highest BCUT2D eigenvalue weighted by molar-refractivity contribution is 6.18. The number of carbonyl (C=O) groups excluding carboxylic acids is 3. The lowest BCUT2D eigenvalue weighted by atomic mass is 9.68. The van der Waals surface area contributed by atoms with Crippen molar-refractivity contribution in [1.82, 2.24) is 14.7 Å². The van der Waals surface area contributed by atoms with E-state index in [1.165, 1.54) is 32.1 Å². The molecule has 0 bridgehead atoms. The van der Waals surface area contributed by atoms with Gasteiger partial charge in [-0.1, -0.05) is 67.8 Å². The second-order valence-corrected chi connectivity index (χ2v) is 19.1. The fourth-order valence-electron chi connectivity index (χ4n) is 11.6. The molecule has 3 aromatic carbocycles. The first kappa shape index (κ1) is 47.4. The SMILES string of the molecule is CCOc1ccccc1N1C(=O)C2C=CC=CC2=NC1CN1CCN(C(=O)COc2ccc(COCCCCCCN3C4CCCC45CC(OC(=O)Nc4cc(C)ccc4OC)CC35)cc2)CC1.[HH]. The maximum absolute atomic E-state index is 14.0. The molecule has 14 heteroatoms. The number of unbranched alkanes of at least 4 members (excludes halogenated alkanes) is 3. The van der Waals surface area contributed by atoms with Crippen LogP contribution in [-0.2, 0) is 25.7 Å². The van der Waals surface area contributed by atoms with E-state index >= 15 is 0 Å². The lowest BCUT2D eigenvalue weighted by molar-refractivity contribution is -0.135. The van der Waals surface area contributed by atoms with Gasteiger partial charge < -0.3 is 28.6 Å². The van der Waals surface area contributed by atoms with E-state index in [-0.39, 0.29) is 26.0 Å². The summed E-state index contributed by atoms with van der Waals surface area (Å²) in [5, 5.41) is 2.92. The van der Waals surface area contributed by atoms with Gasteiger partial charge in [-0.3, -0.25) is 34.6 Å². The number of aliphatic imine (C=N–C) groups is 1. The molecule has 68 heavy (non-hydrogen) atoms. The number of fused-ring (bicyclic) bond motifs is 1. The Morgan fingerprint density at radius 2 is 1.75 bits per heavy atom. The Morgan fingerprint density at radius 3 is 2.57 bits per heavy atom. The van der Waals surface area contributed by atoms with Gasteiger partial charge >= 0.3 is 6.09 Å². The van der Waals surface area contributed by atoms with Crippen molar-refractivity contribution >= 4 is 35.0 Å². The number of amides is 3. The van der Waals surface area contributed by atoms with Crippen LogP contribution in [0.25, 0.3) is 0 Å². The first-order chi connectivity index (χ1) is 33.2. The van der Waals surface area contributed by atoms with Gasteiger partial charge in [0.25, 0.3) is 5.91 Å². The number of nitrogens with one attached hydrogen (secondary N) is 1. The molecule has 0 radical (unpaired) electrons. The summed E-state index contributed by atoms with van der Waals surface area (Å²) >= 11 is 0. The van der Waals surface area contributed by atoms with Gasteiger partial charge in [0.15, 0.2) is 6.61 Å². The van der Waals surface area contributed by atoms with Crippen LogP contribution in [0.4, 0.5) is 16.2 Å². The van der Waals surface area contributed by atoms with E-state index in [0.29, 0.717) is 86.4 Å². The fourth-order valence-corrected chi connectivity index (χ4v) is 11.6. The minimum absolute atomic E-state index is 0. The van der Waals surface area contributed by atoms with Crippen LogP contribution >= 0.6 is 0 Å². The summed E-state index contributed by atoms with van der Waals surface area (Å²) < 4.78 is 29.3. The Labute approximate surface area is 402 Å². The van der Waals surface area contributed by atoms with Crippen molar-refractivity contribution in [3.63, 3.8) is 0 Å². The standard InChI is InChI=1S/C54H68N6O8.H2/c1-4-66-47-17-10-9-16-45(47)60-50(55-43-15-8-7-14-42(43)52(60)62)35-57-27-29-58(30-28-57)51(61)37-67-40-22-20-39(21-23-40)36-65-31-12-6-5-11-26-59-48-18-13-25-54(48)34-41(33-49(54)59)68-53(63)56-44-32-38(2)19-24-46(44)64-3;/h7-10,14-17,19-24,32,41-42,48-50H,4-6,11-13,18,25-31,33-37H2,1-3H3,(H,56,63);1H. The number of ether oxygens (including phenoxy) is 5. The molecule has 4 fully saturated rings. The molecule has 2 saturated carbocycles. The molecule has 364 valence electrons. The zero-order chi connectivity index (χ0) is 47.0. The van der Waals surface area contributed by atoms with E-state index < -0.39 is 18.2 Å². The molecule has 3 aliphatic heterocycles. The molecule has 3 aliphatic carbocycles. The summed E-state index contributed by atoms with van der Waals surface area (Å²) in [7, 11) is 1.61. The third-order valence-corrected chi connectivity index (χ3v) is 14.9. The average Bonchev–Trinajstić information content (AvgIpc) is 3.86. The predicted octanol–water partition coefficient (Wildman–Crippen LogP) is 8.44. The van der Waals surface area contributed by atoms with Crippen molar-refractivity contribution in [2.75, 3.05) is 76.4 Å². The lowest BCUT2D eigenvalue weighted by Crippen LogP contribution is -2.66. The first-order valence-corrected chi connectivity index (χ1v) is 24.9. The number of allylic oxidation sites excluding steroid dienone is 3. The third kappa shape index (κ3) is 10.5. The van der Waals surface area contributed by atoms with Crippen molar-refractivity contribution in [2.24, 2.45) is 16.3 Å². The quantitative estimate of drug-likeness (QED) is 0.110. The molecule has 6 aliphatic rings. The van der Waals surface area contributed by atoms with Crippen LogP contribution in [0.5, 0.6) is 17.2 Å². The number of methoxy groups -OCH3 is 1. The number of likely N-dealkylation sites (tertiary alicyclic amines) is 1. The highest BCUT2D eigenvalue weighted by atomic mass is 16.6. The molecule has 6 atom stereocenters. The summed E-state index contributed by atoms with van der Waals surface area (Å²) in [5.74, 6) is 1.46. The van der Waals surface area contributed by atoms with Gasteiger partial charge in [-0.25, -0.2) is 4.79 Å². The number of nitrogens with zero attached hydrogens (tertiary/aromatic N) is 5. The van der Waals surface area contributed by atoms with Crippen molar-refractivity contribution < 1.29 is 39.5 Å². The molecule has 6 unspecified atom stereocenters. The number of carbonyl (C=O) groups is 3. The molecule has 3 amide bonds. The van der Waals surface area contributed by atoms with Crippen LogP contribution in [0.15, 0.2) is 96.0 Å². The molecular weight excluding hydrogens is 861 g/mol. The maximum Gasteiger partial charge on any atom is 0.412 e. The monoisotopic (exact) mass is 931 g/mol. The van der Waals surface area contributed by atoms with Gasteiger partial charge in [0, 0.05) is 64.7 Å². The van der Waals surface area contributed by atoms with E-state index in [4.69, 9.17) is 28.7 Å². The minimum atomic E-state index is -0.422. The van der Waals surface area contributed by atoms with Crippen molar-refractivity contribution in [3.05, 3.63) is 102 Å². The first-order valence-electron chi connectivity index (χ1n) is 24.9. The number of anilines is 2. The third-order valence-electron chi connectivity index (χ3n) is 14.9. The molecule has 0 aromatic heterocycles. The second kappa shape index (κ2) is 21.7. The van der Waals surface area contributed by atoms with Crippen molar-refractivity contribution in [1.29, 1.82) is 0 Å². The number of hydrogen-bond donors (Lipinski definition) is 1. The highest BCUT2D eigenvalue weighted by Crippen LogP contribution is 2.63. The average molecular weight is 931 g/mol. The van der Waals surface area contributed by atoms with E-state index in [1.54, 1.807) is 12.0 Å². The molecule has 3 heterocycles. The molecular formula is C54H70N6O8. The Kier molecular flexibility index (Phi) is 15.1. The minimum Gasteiger partial charge on any atom is -0.495 e. The fraction of sp³-hybridized carbons (Fsp3) is 0.519. The topological polar surface area (TPSA) is 135 Å². The Hall–Kier alpha value is -5.70. The largest absolute Gasteiger partial charge is 0.495 e. The molecule has 1 N–H and O–H groups in total. The molecule has 2 saturated heterocycles. The van der Waals surface area contributed by atoms with Gasteiger partial charge in [-0.2, -0.15) is 0 Å². The van der Waals surface area contributed by atoms with Crippen LogP contribution < -0.4 is 24.4 Å². The summed E-state index contributed by atoms with van der Waals surface area (Å²) in [6, 6.07) is 22.3. The Balaban J connectivity index is 0.00000642. The van der Waals surface area contributed by atoms with Crippen LogP contribution in [0.2, 0.25) is 0 Å². The predicted molar refractivity (Wildman–Crippen MR) is 265 cm³/mol. The van der Waals surface area contributed by atoms with E-state index in [0.717, 1.165) is 61.4 Å². The van der Waals surface area contributed by atoms with Crippen LogP contribution in [-0.4, -0.2) is 129 Å². The summed E-state index contributed by atoms with van der Waals surface area (Å²) in [6.45, 7) is 9.79. The number of para-hydroxylation sites is 2. The van der Waals surface area contributed by atoms with Crippen molar-refractivity contribution in [3.8, 4) is 17.2 Å². The molecule has 9 rings (SSSR count). The zero-order valence-electron chi connectivity index (χ0n) is 40.0. The number of benzene rings is 3. The van der Waals surface area contributed by atoms with E-state index in [9.17, 15) is 14.4 Å². The van der Waals surface area contributed by atoms with Crippen LogP contribution in [0.3, 0.4) is 0 Å². The van der Waals surface area contributed by atoms with Gasteiger partial charge in [-0.05, 0) is 106 Å². The van der Waals surface area contributed by atoms with E-state index in [1.807, 2.05) is 110 Å². The Morgan fingerprint density at radius 1 is 0.926 bits per heavy atom. The second-order valence-electron chi connectivity index (χ2n) is 19.1. The summed E-state index contributed by atoms with van der Waals surface area (Å²) in [6.07, 6.45) is 16.9. The van der Waals surface area contributed by atoms with Crippen LogP contribution in [0, 0.1) is 18.3 Å². The van der Waals surface area contributed by atoms with Crippen molar-refractivity contribution in [2.45, 2.75) is 103 Å². The maximum atomic E-state index is 14.0. The Bertz CT molecular complexity index is 2350. The number of aryl methyl sites for hydroxylation is 1. The summed E-state index contributed by atoms with van der Waals surface area (Å²) in [5.41, 5.74) is 4.57. The van der Waals surface area contributed by atoms with Gasteiger partial charge in [0.05, 0.1) is 43.3 Å². The van der Waals surface area contributed by atoms with Gasteiger partial charge in [-0.15, -0.1) is 0 Å². The normalized spacial score (nSPS) is 25.2.